The zero-order valence-electron chi connectivity index (χ0n) is 13.1. The van der Waals surface area contributed by atoms with Crippen molar-refractivity contribution < 1.29 is 9.59 Å². The normalized spacial score (nSPS) is 17.3. The minimum Gasteiger partial charge on any atom is -0.330 e. The molecule has 23 heavy (non-hydrogen) atoms. The number of aryl methyl sites for hydroxylation is 1. The summed E-state index contributed by atoms with van der Waals surface area (Å²) in [5.74, 6) is -0.0537. The van der Waals surface area contributed by atoms with Gasteiger partial charge in [-0.3, -0.25) is 9.59 Å². The lowest BCUT2D eigenvalue weighted by atomic mass is 10.1. The highest BCUT2D eigenvalue weighted by Crippen LogP contribution is 2.21. The van der Waals surface area contributed by atoms with Gasteiger partial charge in [-0.1, -0.05) is 18.2 Å². The Balaban J connectivity index is 1.66. The molecule has 0 saturated carbocycles. The van der Waals surface area contributed by atoms with E-state index in [2.05, 4.69) is 5.32 Å². The molecule has 1 fully saturated rings. The summed E-state index contributed by atoms with van der Waals surface area (Å²) in [7, 11) is 0. The average molecular weight is 328 g/mol. The van der Waals surface area contributed by atoms with Gasteiger partial charge in [0.1, 0.15) is 6.04 Å². The SMILES string of the molecule is Cc1cccc(NC(=O)C2CCCN2C(=O)Cc2cccs2)c1. The molecule has 3 rings (SSSR count). The topological polar surface area (TPSA) is 49.4 Å². The van der Waals surface area contributed by atoms with Gasteiger partial charge < -0.3 is 10.2 Å². The van der Waals surface area contributed by atoms with Crippen LogP contribution >= 0.6 is 11.3 Å². The number of hydrogen-bond acceptors (Lipinski definition) is 3. The van der Waals surface area contributed by atoms with Crippen LogP contribution in [0.1, 0.15) is 23.3 Å². The van der Waals surface area contributed by atoms with Gasteiger partial charge in [-0.05, 0) is 48.9 Å². The first-order valence-electron chi connectivity index (χ1n) is 7.83. The number of nitrogens with zero attached hydrogens (tertiary/aromatic N) is 1. The molecule has 1 aliphatic heterocycles. The van der Waals surface area contributed by atoms with Crippen molar-refractivity contribution in [3.05, 3.63) is 52.2 Å². The molecule has 0 aliphatic carbocycles. The summed E-state index contributed by atoms with van der Waals surface area (Å²) in [6.45, 7) is 2.65. The highest BCUT2D eigenvalue weighted by molar-refractivity contribution is 7.10. The Morgan fingerprint density at radius 3 is 2.91 bits per heavy atom. The third-order valence-electron chi connectivity index (χ3n) is 4.07. The number of rotatable bonds is 4. The number of anilines is 1. The van der Waals surface area contributed by atoms with Crippen LogP contribution in [0.5, 0.6) is 0 Å². The first kappa shape index (κ1) is 15.7. The van der Waals surface area contributed by atoms with Crippen LogP contribution < -0.4 is 5.32 Å². The van der Waals surface area contributed by atoms with Crippen molar-refractivity contribution in [2.45, 2.75) is 32.2 Å². The first-order chi connectivity index (χ1) is 11.1. The molecule has 2 amide bonds. The number of amides is 2. The van der Waals surface area contributed by atoms with Crippen molar-refractivity contribution >= 4 is 28.8 Å². The number of benzene rings is 1. The van der Waals surface area contributed by atoms with Crippen LogP contribution in [0.2, 0.25) is 0 Å². The molecule has 1 saturated heterocycles. The van der Waals surface area contributed by atoms with Crippen LogP contribution in [0, 0.1) is 6.92 Å². The van der Waals surface area contributed by atoms with Crippen molar-refractivity contribution in [2.24, 2.45) is 0 Å². The van der Waals surface area contributed by atoms with Gasteiger partial charge in [-0.15, -0.1) is 11.3 Å². The maximum Gasteiger partial charge on any atom is 0.247 e. The van der Waals surface area contributed by atoms with Crippen LogP contribution in [0.4, 0.5) is 5.69 Å². The molecule has 1 N–H and O–H groups in total. The largest absolute Gasteiger partial charge is 0.330 e. The molecule has 2 aromatic rings. The maximum atomic E-state index is 12.5. The minimum absolute atomic E-state index is 0.0364. The number of likely N-dealkylation sites (tertiary alicyclic amines) is 1. The predicted octanol–water partition coefficient (Wildman–Crippen LogP) is 3.23. The van der Waals surface area contributed by atoms with Crippen LogP contribution in [-0.2, 0) is 16.0 Å². The van der Waals surface area contributed by atoms with Crippen molar-refractivity contribution in [3.8, 4) is 0 Å². The van der Waals surface area contributed by atoms with Gasteiger partial charge in [-0.2, -0.15) is 0 Å². The monoisotopic (exact) mass is 328 g/mol. The summed E-state index contributed by atoms with van der Waals surface area (Å²) >= 11 is 1.58. The molecule has 0 bridgehead atoms. The Kier molecular flexibility index (Phi) is 4.76. The van der Waals surface area contributed by atoms with Crippen molar-refractivity contribution in [1.29, 1.82) is 0 Å². The van der Waals surface area contributed by atoms with Gasteiger partial charge in [-0.25, -0.2) is 0 Å². The summed E-state index contributed by atoms with van der Waals surface area (Å²) in [5.41, 5.74) is 1.88. The molecule has 0 radical (unpaired) electrons. The Labute approximate surface area is 140 Å². The molecule has 1 aromatic heterocycles. The average Bonchev–Trinajstić information content (AvgIpc) is 3.18. The standard InChI is InChI=1S/C18H20N2O2S/c1-13-5-2-6-14(11-13)19-18(22)16-8-3-9-20(16)17(21)12-15-7-4-10-23-15/h2,4-7,10-11,16H,3,8-9,12H2,1H3,(H,19,22). The van der Waals surface area contributed by atoms with E-state index in [1.807, 2.05) is 48.7 Å². The summed E-state index contributed by atoms with van der Waals surface area (Å²) in [4.78, 5) is 27.8. The van der Waals surface area contributed by atoms with Crippen LogP contribution in [0.3, 0.4) is 0 Å². The Morgan fingerprint density at radius 2 is 2.17 bits per heavy atom. The Morgan fingerprint density at radius 1 is 1.30 bits per heavy atom. The van der Waals surface area contributed by atoms with E-state index >= 15 is 0 Å². The fourth-order valence-corrected chi connectivity index (χ4v) is 3.65. The molecular formula is C18H20N2O2S. The lowest BCUT2D eigenvalue weighted by Gasteiger charge is -2.24. The molecular weight excluding hydrogens is 308 g/mol. The molecule has 1 atom stereocenters. The predicted molar refractivity (Wildman–Crippen MR) is 92.6 cm³/mol. The van der Waals surface area contributed by atoms with E-state index in [0.29, 0.717) is 13.0 Å². The van der Waals surface area contributed by atoms with Gasteiger partial charge in [0.2, 0.25) is 11.8 Å². The smallest absolute Gasteiger partial charge is 0.247 e. The van der Waals surface area contributed by atoms with Crippen LogP contribution in [0.25, 0.3) is 0 Å². The summed E-state index contributed by atoms with van der Waals surface area (Å²) < 4.78 is 0. The summed E-state index contributed by atoms with van der Waals surface area (Å²) in [6.07, 6.45) is 1.99. The Bertz CT molecular complexity index is 697. The van der Waals surface area contributed by atoms with Crippen LogP contribution in [-0.4, -0.2) is 29.3 Å². The fraction of sp³-hybridized carbons (Fsp3) is 0.333. The van der Waals surface area contributed by atoms with E-state index in [1.165, 1.54) is 0 Å². The first-order valence-corrected chi connectivity index (χ1v) is 8.71. The number of nitrogens with one attached hydrogen (secondary N) is 1. The molecule has 0 spiro atoms. The molecule has 1 unspecified atom stereocenters. The lowest BCUT2D eigenvalue weighted by Crippen LogP contribution is -2.43. The van der Waals surface area contributed by atoms with E-state index in [-0.39, 0.29) is 17.9 Å². The molecule has 1 aliphatic rings. The molecule has 1 aromatic carbocycles. The third-order valence-corrected chi connectivity index (χ3v) is 4.94. The minimum atomic E-state index is -0.358. The van der Waals surface area contributed by atoms with Gasteiger partial charge in [0.15, 0.2) is 0 Å². The van der Waals surface area contributed by atoms with Crippen LogP contribution in [0.15, 0.2) is 41.8 Å². The third kappa shape index (κ3) is 3.79. The quantitative estimate of drug-likeness (QED) is 0.937. The Hall–Kier alpha value is -2.14. The summed E-state index contributed by atoms with van der Waals surface area (Å²) in [6, 6.07) is 11.3. The molecule has 2 heterocycles. The summed E-state index contributed by atoms with van der Waals surface area (Å²) in [5, 5.41) is 4.90. The number of thiophene rings is 1. The van der Waals surface area contributed by atoms with Gasteiger partial charge in [0, 0.05) is 17.1 Å². The second-order valence-electron chi connectivity index (χ2n) is 5.86. The number of hydrogen-bond donors (Lipinski definition) is 1. The van der Waals surface area contributed by atoms with E-state index < -0.39 is 0 Å². The highest BCUT2D eigenvalue weighted by atomic mass is 32.1. The lowest BCUT2D eigenvalue weighted by molar-refractivity contribution is -0.136. The van der Waals surface area contributed by atoms with E-state index in [0.717, 1.165) is 29.0 Å². The highest BCUT2D eigenvalue weighted by Gasteiger charge is 2.34. The van der Waals surface area contributed by atoms with Crippen molar-refractivity contribution in [2.75, 3.05) is 11.9 Å². The maximum absolute atomic E-state index is 12.5. The van der Waals surface area contributed by atoms with Gasteiger partial charge in [0.05, 0.1) is 6.42 Å². The van der Waals surface area contributed by atoms with Gasteiger partial charge in [0.25, 0.3) is 0 Å². The van der Waals surface area contributed by atoms with Gasteiger partial charge >= 0.3 is 0 Å². The zero-order valence-corrected chi connectivity index (χ0v) is 13.9. The number of carbonyl (C=O) groups excluding carboxylic acids is 2. The van der Waals surface area contributed by atoms with Crippen molar-refractivity contribution in [1.82, 2.24) is 4.90 Å². The molecule has 120 valence electrons. The van der Waals surface area contributed by atoms with E-state index in [9.17, 15) is 9.59 Å². The fourth-order valence-electron chi connectivity index (χ4n) is 2.95. The van der Waals surface area contributed by atoms with Crippen molar-refractivity contribution in [3.63, 3.8) is 0 Å². The second-order valence-corrected chi connectivity index (χ2v) is 6.89. The van der Waals surface area contributed by atoms with E-state index in [1.54, 1.807) is 16.2 Å². The van der Waals surface area contributed by atoms with E-state index in [4.69, 9.17) is 0 Å². The molecule has 4 nitrogen and oxygen atoms in total. The molecule has 5 heteroatoms. The number of carbonyl (C=O) groups is 2. The zero-order chi connectivity index (χ0) is 16.2. The second kappa shape index (κ2) is 6.96.